The average Bonchev–Trinajstić information content (AvgIpc) is 2.52. The van der Waals surface area contributed by atoms with Crippen molar-refractivity contribution in [1.82, 2.24) is 0 Å². The van der Waals surface area contributed by atoms with E-state index in [0.717, 1.165) is 17.8 Å². The van der Waals surface area contributed by atoms with E-state index in [9.17, 15) is 0 Å². The van der Waals surface area contributed by atoms with Crippen molar-refractivity contribution in [2.24, 2.45) is 29.6 Å². The van der Waals surface area contributed by atoms with Gasteiger partial charge in [-0.2, -0.15) is 0 Å². The third-order valence-corrected chi connectivity index (χ3v) is 4.38. The third-order valence-electron chi connectivity index (χ3n) is 4.38. The van der Waals surface area contributed by atoms with Crippen molar-refractivity contribution in [1.29, 1.82) is 0 Å². The van der Waals surface area contributed by atoms with Crippen molar-refractivity contribution >= 4 is 0 Å². The molecule has 12 heavy (non-hydrogen) atoms. The first kappa shape index (κ1) is 7.17. The van der Waals surface area contributed by atoms with Crippen LogP contribution in [-0.4, -0.2) is 0 Å². The van der Waals surface area contributed by atoms with Gasteiger partial charge in [0.2, 0.25) is 0 Å². The first-order valence-electron chi connectivity index (χ1n) is 5.56. The maximum Gasteiger partial charge on any atom is -0.0197 e. The second-order valence-electron chi connectivity index (χ2n) is 5.01. The minimum absolute atomic E-state index is 0.924. The second kappa shape index (κ2) is 2.37. The number of allylic oxidation sites excluding steroid dienone is 2. The van der Waals surface area contributed by atoms with Gasteiger partial charge in [-0.15, -0.1) is 0 Å². The Morgan fingerprint density at radius 3 is 2.42 bits per heavy atom. The van der Waals surface area contributed by atoms with Gasteiger partial charge in [-0.3, -0.25) is 0 Å². The lowest BCUT2D eigenvalue weighted by atomic mass is 9.75. The average molecular weight is 162 g/mol. The SMILES string of the molecule is CCC1C=CC(C2CC3CC32)C1. The summed E-state index contributed by atoms with van der Waals surface area (Å²) < 4.78 is 0. The van der Waals surface area contributed by atoms with E-state index < -0.39 is 0 Å². The highest BCUT2D eigenvalue weighted by Gasteiger charge is 2.55. The molecular formula is C12H18. The molecule has 0 heterocycles. The standard InChI is InChI=1S/C12H18/c1-2-8-3-4-9(5-8)11-6-10-7-12(10)11/h3-4,8-12H,2,5-7H2,1H3. The third kappa shape index (κ3) is 0.901. The molecule has 0 aromatic carbocycles. The Balaban J connectivity index is 1.61. The summed E-state index contributed by atoms with van der Waals surface area (Å²) in [6.07, 6.45) is 11.0. The van der Waals surface area contributed by atoms with Crippen LogP contribution in [0.3, 0.4) is 0 Å². The number of hydrogen-bond acceptors (Lipinski definition) is 0. The van der Waals surface area contributed by atoms with Crippen molar-refractivity contribution in [3.8, 4) is 0 Å². The molecule has 0 saturated heterocycles. The highest BCUT2D eigenvalue weighted by molar-refractivity contribution is 5.12. The molecule has 0 radical (unpaired) electrons. The zero-order chi connectivity index (χ0) is 8.13. The van der Waals surface area contributed by atoms with Crippen molar-refractivity contribution in [2.45, 2.75) is 32.6 Å². The minimum Gasteiger partial charge on any atom is -0.0851 e. The summed E-state index contributed by atoms with van der Waals surface area (Å²) in [6.45, 7) is 2.32. The van der Waals surface area contributed by atoms with Crippen molar-refractivity contribution in [3.63, 3.8) is 0 Å². The van der Waals surface area contributed by atoms with E-state index in [1.165, 1.54) is 24.7 Å². The summed E-state index contributed by atoms with van der Waals surface area (Å²) in [7, 11) is 0. The molecular weight excluding hydrogens is 144 g/mol. The molecule has 0 bridgehead atoms. The molecule has 0 amide bonds. The smallest absolute Gasteiger partial charge is 0.0197 e. The minimum atomic E-state index is 0.924. The topological polar surface area (TPSA) is 0 Å². The largest absolute Gasteiger partial charge is 0.0851 e. The first-order chi connectivity index (χ1) is 5.88. The zero-order valence-electron chi connectivity index (χ0n) is 7.87. The molecule has 0 spiro atoms. The van der Waals surface area contributed by atoms with Gasteiger partial charge < -0.3 is 0 Å². The molecule has 66 valence electrons. The molecule has 0 aliphatic heterocycles. The van der Waals surface area contributed by atoms with Gasteiger partial charge in [0.25, 0.3) is 0 Å². The summed E-state index contributed by atoms with van der Waals surface area (Å²) in [6, 6.07) is 0. The zero-order valence-corrected chi connectivity index (χ0v) is 7.87. The molecule has 0 nitrogen and oxygen atoms in total. The van der Waals surface area contributed by atoms with Crippen LogP contribution in [0.25, 0.3) is 0 Å². The van der Waals surface area contributed by atoms with Crippen LogP contribution >= 0.6 is 0 Å². The lowest BCUT2D eigenvalue weighted by Crippen LogP contribution is -2.23. The predicted octanol–water partition coefficient (Wildman–Crippen LogP) is 3.24. The van der Waals surface area contributed by atoms with Gasteiger partial charge in [0.05, 0.1) is 0 Å². The fraction of sp³-hybridized carbons (Fsp3) is 0.833. The molecule has 2 saturated carbocycles. The molecule has 0 aromatic heterocycles. The van der Waals surface area contributed by atoms with Crippen LogP contribution in [0.15, 0.2) is 12.2 Å². The van der Waals surface area contributed by atoms with Crippen molar-refractivity contribution in [3.05, 3.63) is 12.2 Å². The molecule has 3 aliphatic rings. The van der Waals surface area contributed by atoms with Crippen LogP contribution in [0.5, 0.6) is 0 Å². The van der Waals surface area contributed by atoms with E-state index >= 15 is 0 Å². The second-order valence-corrected chi connectivity index (χ2v) is 5.01. The molecule has 5 atom stereocenters. The Morgan fingerprint density at radius 1 is 1.08 bits per heavy atom. The molecule has 2 fully saturated rings. The van der Waals surface area contributed by atoms with Crippen molar-refractivity contribution < 1.29 is 0 Å². The Hall–Kier alpha value is -0.260. The predicted molar refractivity (Wildman–Crippen MR) is 50.7 cm³/mol. The summed E-state index contributed by atoms with van der Waals surface area (Å²) in [5.41, 5.74) is 0. The van der Waals surface area contributed by atoms with Gasteiger partial charge in [0, 0.05) is 0 Å². The van der Waals surface area contributed by atoms with E-state index in [1.54, 1.807) is 12.8 Å². The highest BCUT2D eigenvalue weighted by Crippen LogP contribution is 2.63. The maximum absolute atomic E-state index is 2.52. The molecule has 0 N–H and O–H groups in total. The van der Waals surface area contributed by atoms with Crippen LogP contribution in [0.1, 0.15) is 32.6 Å². The summed E-state index contributed by atoms with van der Waals surface area (Å²) in [4.78, 5) is 0. The molecule has 5 unspecified atom stereocenters. The molecule has 0 aromatic rings. The van der Waals surface area contributed by atoms with Gasteiger partial charge in [-0.05, 0) is 55.3 Å². The molecule has 3 aliphatic carbocycles. The maximum atomic E-state index is 2.52. The van der Waals surface area contributed by atoms with E-state index in [-0.39, 0.29) is 0 Å². The van der Waals surface area contributed by atoms with Crippen LogP contribution in [0.4, 0.5) is 0 Å². The lowest BCUT2D eigenvalue weighted by Gasteiger charge is -2.30. The number of rotatable bonds is 2. The van der Waals surface area contributed by atoms with Gasteiger partial charge in [-0.1, -0.05) is 19.1 Å². The van der Waals surface area contributed by atoms with Gasteiger partial charge >= 0.3 is 0 Å². The fourth-order valence-corrected chi connectivity index (χ4v) is 3.31. The van der Waals surface area contributed by atoms with Crippen LogP contribution < -0.4 is 0 Å². The lowest BCUT2D eigenvalue weighted by molar-refractivity contribution is 0.208. The van der Waals surface area contributed by atoms with E-state index in [0.29, 0.717) is 0 Å². The quantitative estimate of drug-likeness (QED) is 0.547. The first-order valence-corrected chi connectivity index (χ1v) is 5.56. The van der Waals surface area contributed by atoms with Gasteiger partial charge in [0.1, 0.15) is 0 Å². The summed E-state index contributed by atoms with van der Waals surface area (Å²) in [5.74, 6) is 5.38. The Labute approximate surface area is 75.0 Å². The van der Waals surface area contributed by atoms with Gasteiger partial charge in [-0.25, -0.2) is 0 Å². The van der Waals surface area contributed by atoms with Crippen LogP contribution in [0, 0.1) is 29.6 Å². The highest BCUT2D eigenvalue weighted by atomic mass is 14.6. The van der Waals surface area contributed by atoms with E-state index in [2.05, 4.69) is 19.1 Å². The Morgan fingerprint density at radius 2 is 1.92 bits per heavy atom. The Kier molecular flexibility index (Phi) is 1.42. The fourth-order valence-electron chi connectivity index (χ4n) is 3.31. The van der Waals surface area contributed by atoms with E-state index in [1.807, 2.05) is 0 Å². The Bertz CT molecular complexity index is 216. The van der Waals surface area contributed by atoms with Crippen LogP contribution in [-0.2, 0) is 0 Å². The summed E-state index contributed by atoms with van der Waals surface area (Å²) in [5, 5.41) is 0. The normalized spacial score (nSPS) is 54.9. The van der Waals surface area contributed by atoms with Crippen LogP contribution in [0.2, 0.25) is 0 Å². The molecule has 0 heteroatoms. The van der Waals surface area contributed by atoms with Crippen molar-refractivity contribution in [2.75, 3.05) is 0 Å². The number of fused-ring (bicyclic) bond motifs is 1. The van der Waals surface area contributed by atoms with E-state index in [4.69, 9.17) is 0 Å². The molecule has 3 rings (SSSR count). The number of hydrogen-bond donors (Lipinski definition) is 0. The summed E-state index contributed by atoms with van der Waals surface area (Å²) >= 11 is 0. The monoisotopic (exact) mass is 162 g/mol. The van der Waals surface area contributed by atoms with Gasteiger partial charge in [0.15, 0.2) is 0 Å².